The van der Waals surface area contributed by atoms with E-state index >= 15 is 0 Å². The molecule has 0 saturated heterocycles. The molecule has 0 aromatic heterocycles. The molecule has 0 radical (unpaired) electrons. The van der Waals surface area contributed by atoms with Crippen molar-refractivity contribution in [2.24, 2.45) is 0 Å². The molecule has 3 atom stereocenters. The second-order valence-corrected chi connectivity index (χ2v) is 10.7. The number of carbonyl (C=O) groups excluding carboxylic acids is 1. The van der Waals surface area contributed by atoms with Gasteiger partial charge in [0.25, 0.3) is 11.2 Å². The monoisotopic (exact) mass is 624 g/mol. The molecule has 8 nitrogen and oxygen atoms in total. The van der Waals surface area contributed by atoms with E-state index < -0.39 is 31.7 Å². The predicted octanol–water partition coefficient (Wildman–Crippen LogP) is 5.32. The van der Waals surface area contributed by atoms with Crippen molar-refractivity contribution in [2.45, 2.75) is 24.7 Å². The molecule has 0 spiro atoms. The fraction of sp³-hybridized carbons (Fsp3) is 0.167. The SMILES string of the molecule is CC(O)([PH+]=O)c1cc(Br)c(Oc2ccc(O)c(C(=O)NC(Cc3ccccc3)C(=O)O)c2)c(Br)c1. The van der Waals surface area contributed by atoms with Gasteiger partial charge in [-0.25, -0.2) is 4.79 Å². The summed E-state index contributed by atoms with van der Waals surface area (Å²) in [7, 11) is -0.986. The normalized spacial score (nSPS) is 13.6. The lowest BCUT2D eigenvalue weighted by molar-refractivity contribution is -0.139. The lowest BCUT2D eigenvalue weighted by atomic mass is 10.1. The van der Waals surface area contributed by atoms with Crippen molar-refractivity contribution in [1.29, 1.82) is 0 Å². The van der Waals surface area contributed by atoms with Crippen molar-refractivity contribution in [2.75, 3.05) is 0 Å². The number of halogens is 2. The van der Waals surface area contributed by atoms with E-state index in [1.54, 1.807) is 42.5 Å². The highest BCUT2D eigenvalue weighted by molar-refractivity contribution is 9.11. The summed E-state index contributed by atoms with van der Waals surface area (Å²) in [5.41, 5.74) is 0.957. The summed E-state index contributed by atoms with van der Waals surface area (Å²) in [5, 5.41) is 30.9. The highest BCUT2D eigenvalue weighted by Crippen LogP contribution is 2.42. The Morgan fingerprint density at radius 2 is 1.71 bits per heavy atom. The first-order chi connectivity index (χ1) is 16.5. The highest BCUT2D eigenvalue weighted by atomic mass is 79.9. The molecular formula is C24H21Br2NO7P+. The van der Waals surface area contributed by atoms with Gasteiger partial charge in [-0.2, -0.15) is 0 Å². The van der Waals surface area contributed by atoms with Gasteiger partial charge in [0.2, 0.25) is 0 Å². The van der Waals surface area contributed by atoms with Crippen molar-refractivity contribution >= 4 is 52.2 Å². The van der Waals surface area contributed by atoms with Crippen LogP contribution in [0.3, 0.4) is 0 Å². The average Bonchev–Trinajstić information content (AvgIpc) is 2.82. The maximum absolute atomic E-state index is 12.8. The molecule has 0 saturated carbocycles. The smallest absolute Gasteiger partial charge is 0.364 e. The van der Waals surface area contributed by atoms with Crippen molar-refractivity contribution in [3.63, 3.8) is 0 Å². The first kappa shape index (κ1) is 26.8. The van der Waals surface area contributed by atoms with Crippen molar-refractivity contribution in [3.05, 3.63) is 86.3 Å². The number of aliphatic hydroxyl groups is 1. The number of ether oxygens (including phenoxy) is 1. The number of nitrogens with one attached hydrogen (secondary N) is 1. The summed E-state index contributed by atoms with van der Waals surface area (Å²) in [6, 6.07) is 14.7. The molecule has 3 aromatic carbocycles. The van der Waals surface area contributed by atoms with Crippen LogP contribution >= 0.6 is 40.3 Å². The number of phenolic OH excluding ortho intramolecular Hbond substituents is 1. The van der Waals surface area contributed by atoms with E-state index in [0.29, 0.717) is 20.3 Å². The molecule has 0 aliphatic carbocycles. The molecule has 35 heavy (non-hydrogen) atoms. The second kappa shape index (κ2) is 11.3. The largest absolute Gasteiger partial charge is 0.507 e. The summed E-state index contributed by atoms with van der Waals surface area (Å²) < 4.78 is 18.1. The van der Waals surface area contributed by atoms with Gasteiger partial charge in [-0.3, -0.25) is 4.79 Å². The third-order valence-electron chi connectivity index (χ3n) is 5.08. The van der Waals surface area contributed by atoms with Gasteiger partial charge in [-0.15, -0.1) is 0 Å². The number of carboxylic acid groups (broad SMARTS) is 1. The summed E-state index contributed by atoms with van der Waals surface area (Å²) in [5.74, 6) is -1.84. The van der Waals surface area contributed by atoms with Crippen LogP contribution < -0.4 is 10.1 Å². The molecule has 0 heterocycles. The zero-order chi connectivity index (χ0) is 25.8. The van der Waals surface area contributed by atoms with E-state index in [-0.39, 0.29) is 23.5 Å². The minimum atomic E-state index is -1.55. The molecular weight excluding hydrogens is 605 g/mol. The van der Waals surface area contributed by atoms with Crippen LogP contribution in [-0.4, -0.2) is 33.2 Å². The summed E-state index contributed by atoms with van der Waals surface area (Å²) in [6.45, 7) is 1.42. The Morgan fingerprint density at radius 3 is 2.29 bits per heavy atom. The Bertz CT molecular complexity index is 1240. The molecule has 3 rings (SSSR count). The molecule has 3 unspecified atom stereocenters. The molecule has 1 amide bonds. The number of aromatic hydroxyl groups is 1. The molecule has 4 N–H and O–H groups in total. The fourth-order valence-electron chi connectivity index (χ4n) is 3.16. The Morgan fingerprint density at radius 1 is 1.09 bits per heavy atom. The van der Waals surface area contributed by atoms with E-state index in [1.807, 2.05) is 0 Å². The molecule has 0 fully saturated rings. The maximum Gasteiger partial charge on any atom is 0.364 e. The number of phenols is 1. The lowest BCUT2D eigenvalue weighted by Crippen LogP contribution is -2.42. The summed E-state index contributed by atoms with van der Waals surface area (Å²) in [6.07, 6.45) is 0.0683. The number of amides is 1. The number of carboxylic acids is 1. The Balaban J connectivity index is 1.84. The molecule has 0 aliphatic heterocycles. The highest BCUT2D eigenvalue weighted by Gasteiger charge is 2.33. The van der Waals surface area contributed by atoms with Gasteiger partial charge in [-0.05, 0) is 67.8 Å². The van der Waals surface area contributed by atoms with Gasteiger partial charge in [0.15, 0.2) is 5.75 Å². The third-order valence-corrected chi connectivity index (χ3v) is 6.94. The van der Waals surface area contributed by atoms with Crippen molar-refractivity contribution < 1.29 is 34.2 Å². The van der Waals surface area contributed by atoms with Crippen LogP contribution in [0.2, 0.25) is 0 Å². The van der Waals surface area contributed by atoms with Crippen LogP contribution in [0.1, 0.15) is 28.4 Å². The van der Waals surface area contributed by atoms with Gasteiger partial charge in [0, 0.05) is 18.9 Å². The minimum absolute atomic E-state index is 0.0683. The van der Waals surface area contributed by atoms with E-state index in [4.69, 9.17) is 4.74 Å². The standard InChI is InChI=1S/C24H20Br2NO7P/c1-24(32,35-33)14-10-17(25)21(18(26)11-14)34-15-7-8-20(28)16(12-15)22(29)27-19(23(30)31)9-13-5-3-2-4-6-13/h2-8,10-12,19,28,32H,9H2,1H3,(H,27,29)(H,30,31)/p+1. The molecule has 11 heteroatoms. The van der Waals surface area contributed by atoms with Gasteiger partial charge in [0.05, 0.1) is 14.5 Å². The Labute approximate surface area is 219 Å². The summed E-state index contributed by atoms with van der Waals surface area (Å²) >= 11 is 6.72. The van der Waals surface area contributed by atoms with Crippen LogP contribution in [0.15, 0.2) is 69.6 Å². The number of aliphatic carboxylic acids is 1. The van der Waals surface area contributed by atoms with Crippen molar-refractivity contribution in [1.82, 2.24) is 5.32 Å². The first-order valence-corrected chi connectivity index (χ1v) is 12.7. The topological polar surface area (TPSA) is 133 Å². The van der Waals surface area contributed by atoms with E-state index in [1.165, 1.54) is 25.1 Å². The number of rotatable bonds is 9. The van der Waals surface area contributed by atoms with Crippen LogP contribution in [-0.2, 0) is 21.1 Å². The number of benzene rings is 3. The van der Waals surface area contributed by atoms with Crippen LogP contribution in [0, 0.1) is 0 Å². The van der Waals surface area contributed by atoms with Crippen LogP contribution in [0.25, 0.3) is 0 Å². The zero-order valence-corrected chi connectivity index (χ0v) is 22.5. The average molecular weight is 626 g/mol. The Hall–Kier alpha value is -2.78. The molecule has 182 valence electrons. The fourth-order valence-corrected chi connectivity index (χ4v) is 4.77. The zero-order valence-electron chi connectivity index (χ0n) is 18.3. The third kappa shape index (κ3) is 6.67. The van der Waals surface area contributed by atoms with Gasteiger partial charge in [0.1, 0.15) is 17.5 Å². The quantitative estimate of drug-likeness (QED) is 0.236. The van der Waals surface area contributed by atoms with E-state index in [2.05, 4.69) is 37.2 Å². The molecule has 3 aromatic rings. The molecule has 0 aliphatic rings. The van der Waals surface area contributed by atoms with Crippen LogP contribution in [0.4, 0.5) is 0 Å². The van der Waals surface area contributed by atoms with E-state index in [0.717, 1.165) is 5.56 Å². The Kier molecular flexibility index (Phi) is 8.66. The van der Waals surface area contributed by atoms with Crippen LogP contribution in [0.5, 0.6) is 17.2 Å². The van der Waals surface area contributed by atoms with Gasteiger partial charge >= 0.3 is 14.4 Å². The van der Waals surface area contributed by atoms with Crippen molar-refractivity contribution in [3.8, 4) is 17.2 Å². The lowest BCUT2D eigenvalue weighted by Gasteiger charge is -2.17. The maximum atomic E-state index is 12.8. The molecule has 0 bridgehead atoms. The number of hydrogen-bond donors (Lipinski definition) is 4. The number of hydrogen-bond acceptors (Lipinski definition) is 6. The van der Waals surface area contributed by atoms with Gasteiger partial charge < -0.3 is 25.4 Å². The van der Waals surface area contributed by atoms with Gasteiger partial charge in [-0.1, -0.05) is 34.9 Å². The summed E-state index contributed by atoms with van der Waals surface area (Å²) in [4.78, 5) is 24.5. The minimum Gasteiger partial charge on any atom is -0.507 e. The van der Waals surface area contributed by atoms with E-state index in [9.17, 15) is 29.5 Å². The first-order valence-electron chi connectivity index (χ1n) is 10.2. The second-order valence-electron chi connectivity index (χ2n) is 7.78. The predicted molar refractivity (Wildman–Crippen MR) is 138 cm³/mol. The number of carbonyl (C=O) groups is 2.